The molecule has 1 amide bonds. The van der Waals surface area contributed by atoms with Crippen LogP contribution in [0.1, 0.15) is 34.8 Å². The zero-order valence-electron chi connectivity index (χ0n) is 23.9. The summed E-state index contributed by atoms with van der Waals surface area (Å²) < 4.78 is 24.1. The van der Waals surface area contributed by atoms with E-state index in [2.05, 4.69) is 26.8 Å². The van der Waals surface area contributed by atoms with Crippen molar-refractivity contribution < 1.29 is 28.8 Å². The second kappa shape index (κ2) is 13.5. The molecule has 6 rings (SSSR count). The summed E-state index contributed by atoms with van der Waals surface area (Å²) in [6, 6.07) is 30.5. The number of fused-ring (bicyclic) bond motifs is 1. The van der Waals surface area contributed by atoms with Crippen molar-refractivity contribution in [3.8, 4) is 17.2 Å². The third kappa shape index (κ3) is 6.42. The molecule has 2 aliphatic heterocycles. The first-order chi connectivity index (χ1) is 21.6. The fourth-order valence-corrected chi connectivity index (χ4v) is 5.65. The topological polar surface area (TPSA) is 111 Å². The van der Waals surface area contributed by atoms with Gasteiger partial charge in [0, 0.05) is 36.0 Å². The predicted molar refractivity (Wildman–Crippen MR) is 169 cm³/mol. The van der Waals surface area contributed by atoms with E-state index in [0.717, 1.165) is 26.7 Å². The van der Waals surface area contributed by atoms with Gasteiger partial charge in [-0.3, -0.25) is 10.2 Å². The number of hydrazine groups is 1. The molecule has 0 aliphatic carbocycles. The first kappa shape index (κ1) is 29.7. The van der Waals surface area contributed by atoms with Crippen molar-refractivity contribution in [2.45, 2.75) is 31.0 Å². The van der Waals surface area contributed by atoms with Crippen molar-refractivity contribution in [1.29, 1.82) is 0 Å². The third-order valence-electron chi connectivity index (χ3n) is 7.48. The minimum absolute atomic E-state index is 0.0663. The Morgan fingerprint density at radius 1 is 0.977 bits per heavy atom. The Kier molecular flexibility index (Phi) is 9.11. The summed E-state index contributed by atoms with van der Waals surface area (Å²) in [5, 5.41) is 9.05. The molecule has 226 valence electrons. The number of ether oxygens (including phenoxy) is 4. The smallest absolute Gasteiger partial charge is 0.266 e. The lowest BCUT2D eigenvalue weighted by Gasteiger charge is -2.31. The molecular formula is C34H32BrN3O6. The fourth-order valence-electron chi connectivity index (χ4n) is 5.23. The molecule has 2 atom stereocenters. The van der Waals surface area contributed by atoms with Gasteiger partial charge in [0.25, 0.3) is 5.91 Å². The van der Waals surface area contributed by atoms with Crippen LogP contribution in [0.5, 0.6) is 17.2 Å². The number of nitrogens with one attached hydrogen (secondary N) is 2. The third-order valence-corrected chi connectivity index (χ3v) is 8.26. The number of carbonyl (C=O) groups excluding carboxylic acids is 1. The van der Waals surface area contributed by atoms with Crippen molar-refractivity contribution in [3.05, 3.63) is 124 Å². The Morgan fingerprint density at radius 3 is 2.55 bits per heavy atom. The zero-order chi connectivity index (χ0) is 30.4. The van der Waals surface area contributed by atoms with E-state index in [-0.39, 0.29) is 25.7 Å². The predicted octanol–water partition coefficient (Wildman–Crippen LogP) is 5.26. The Labute approximate surface area is 263 Å². The lowest BCUT2D eigenvalue weighted by atomic mass is 9.82. The number of amides is 1. The van der Waals surface area contributed by atoms with Gasteiger partial charge in [-0.05, 0) is 59.2 Å². The molecule has 0 bridgehead atoms. The van der Waals surface area contributed by atoms with Crippen molar-refractivity contribution in [2.75, 3.05) is 20.0 Å². The number of benzene rings is 4. The van der Waals surface area contributed by atoms with Crippen LogP contribution in [-0.2, 0) is 22.5 Å². The van der Waals surface area contributed by atoms with E-state index in [1.807, 2.05) is 97.1 Å². The second-order valence-electron chi connectivity index (χ2n) is 10.5. The lowest BCUT2D eigenvalue weighted by molar-refractivity contribution is -0.130. The summed E-state index contributed by atoms with van der Waals surface area (Å²) in [4.78, 5) is 19.4. The molecule has 0 saturated heterocycles. The van der Waals surface area contributed by atoms with Crippen LogP contribution >= 0.6 is 15.9 Å². The number of carbonyl (C=O) groups is 1. The summed E-state index contributed by atoms with van der Waals surface area (Å²) >= 11 is 3.67. The average molecular weight is 659 g/mol. The van der Waals surface area contributed by atoms with E-state index in [4.69, 9.17) is 29.0 Å². The molecule has 0 aromatic heterocycles. The van der Waals surface area contributed by atoms with Crippen LogP contribution < -0.4 is 25.1 Å². The van der Waals surface area contributed by atoms with Crippen LogP contribution in [0.15, 0.2) is 107 Å². The standard InChI is InChI=1S/C34H32BrN3O6/c35-28-10-5-4-9-26(28)20-34(33(40)38-36-21-23-11-16-29-30(19-23)43-22-42-29)31(24-7-2-1-3-8-24)44-32(37-34)25-12-14-27(15-13-25)41-18-6-17-39/h1-5,7-16,19,31,36,39H,6,17-18,20-22H2,(H,38,40)/t31-,34-/m0/s1. The van der Waals surface area contributed by atoms with Crippen molar-refractivity contribution in [2.24, 2.45) is 4.99 Å². The van der Waals surface area contributed by atoms with Crippen LogP contribution in [0, 0.1) is 0 Å². The minimum Gasteiger partial charge on any atom is -0.494 e. The van der Waals surface area contributed by atoms with Gasteiger partial charge in [0.05, 0.1) is 6.61 Å². The van der Waals surface area contributed by atoms with E-state index >= 15 is 0 Å². The molecular weight excluding hydrogens is 626 g/mol. The SMILES string of the molecule is O=C(NNCc1ccc2c(c1)OCO2)[C@@]1(Cc2ccccc2Br)N=C(c2ccc(OCCCO)cc2)O[C@H]1c1ccccc1. The van der Waals surface area contributed by atoms with Crippen LogP contribution in [0.3, 0.4) is 0 Å². The maximum absolute atomic E-state index is 14.4. The van der Waals surface area contributed by atoms with Crippen molar-refractivity contribution in [1.82, 2.24) is 10.9 Å². The molecule has 3 N–H and O–H groups in total. The number of aliphatic hydroxyl groups excluding tert-OH is 1. The lowest BCUT2D eigenvalue weighted by Crippen LogP contribution is -2.53. The van der Waals surface area contributed by atoms with Crippen molar-refractivity contribution >= 4 is 27.7 Å². The van der Waals surface area contributed by atoms with Gasteiger partial charge in [-0.2, -0.15) is 0 Å². The summed E-state index contributed by atoms with van der Waals surface area (Å²) in [5.41, 5.74) is 8.05. The van der Waals surface area contributed by atoms with Crippen LogP contribution in [0.2, 0.25) is 0 Å². The van der Waals surface area contributed by atoms with E-state index in [1.165, 1.54) is 0 Å². The van der Waals surface area contributed by atoms with E-state index in [9.17, 15) is 4.79 Å². The number of rotatable bonds is 12. The first-order valence-corrected chi connectivity index (χ1v) is 15.2. The van der Waals surface area contributed by atoms with Gasteiger partial charge in [-0.15, -0.1) is 0 Å². The average Bonchev–Trinajstić information content (AvgIpc) is 3.68. The minimum atomic E-state index is -1.35. The highest BCUT2D eigenvalue weighted by Crippen LogP contribution is 2.43. The quantitative estimate of drug-likeness (QED) is 0.141. The Bertz CT molecular complexity index is 1630. The highest BCUT2D eigenvalue weighted by atomic mass is 79.9. The highest BCUT2D eigenvalue weighted by Gasteiger charge is 2.53. The Hall–Kier alpha value is -4.38. The monoisotopic (exact) mass is 657 g/mol. The number of aliphatic imine (C=N–C) groups is 1. The normalized spacial score (nSPS) is 18.4. The summed E-state index contributed by atoms with van der Waals surface area (Å²) in [7, 11) is 0. The number of halogens is 1. The molecule has 4 aromatic carbocycles. The zero-order valence-corrected chi connectivity index (χ0v) is 25.5. The van der Waals surface area contributed by atoms with E-state index in [1.54, 1.807) is 0 Å². The molecule has 0 unspecified atom stereocenters. The Balaban J connectivity index is 1.32. The molecule has 2 heterocycles. The van der Waals surface area contributed by atoms with Crippen LogP contribution in [0.25, 0.3) is 0 Å². The molecule has 2 aliphatic rings. The maximum atomic E-state index is 14.4. The van der Waals surface area contributed by atoms with Gasteiger partial charge in [0.2, 0.25) is 12.7 Å². The van der Waals surface area contributed by atoms with Crippen molar-refractivity contribution in [3.63, 3.8) is 0 Å². The molecule has 0 fully saturated rings. The molecule has 4 aromatic rings. The Morgan fingerprint density at radius 2 is 1.75 bits per heavy atom. The van der Waals surface area contributed by atoms with E-state index < -0.39 is 11.6 Å². The largest absolute Gasteiger partial charge is 0.494 e. The number of hydrogen-bond acceptors (Lipinski definition) is 8. The summed E-state index contributed by atoms with van der Waals surface area (Å²) in [6.07, 6.45) is 0.113. The van der Waals surface area contributed by atoms with Gasteiger partial charge in [0.15, 0.2) is 23.1 Å². The summed E-state index contributed by atoms with van der Waals surface area (Å²) in [6.45, 7) is 1.04. The molecule has 0 saturated carbocycles. The molecule has 44 heavy (non-hydrogen) atoms. The van der Waals surface area contributed by atoms with E-state index in [0.29, 0.717) is 42.7 Å². The summed E-state index contributed by atoms with van der Waals surface area (Å²) in [5.74, 6) is 2.07. The fraction of sp³-hybridized carbons (Fsp3) is 0.235. The molecule has 9 nitrogen and oxygen atoms in total. The van der Waals surface area contributed by atoms with Gasteiger partial charge >= 0.3 is 0 Å². The molecule has 0 radical (unpaired) electrons. The molecule has 0 spiro atoms. The first-order valence-electron chi connectivity index (χ1n) is 14.4. The van der Waals surface area contributed by atoms with Crippen LogP contribution in [0.4, 0.5) is 0 Å². The number of hydrogen-bond donors (Lipinski definition) is 3. The maximum Gasteiger partial charge on any atom is 0.266 e. The van der Waals surface area contributed by atoms with Gasteiger partial charge in [0.1, 0.15) is 5.75 Å². The van der Waals surface area contributed by atoms with Gasteiger partial charge in [-0.25, -0.2) is 10.4 Å². The highest BCUT2D eigenvalue weighted by molar-refractivity contribution is 9.10. The number of nitrogens with zero attached hydrogens (tertiary/aromatic N) is 1. The number of aliphatic hydroxyl groups is 1. The molecule has 10 heteroatoms. The van der Waals surface area contributed by atoms with Gasteiger partial charge in [-0.1, -0.05) is 70.5 Å². The second-order valence-corrected chi connectivity index (χ2v) is 11.3. The van der Waals surface area contributed by atoms with Crippen LogP contribution in [-0.4, -0.2) is 42.5 Å². The van der Waals surface area contributed by atoms with Gasteiger partial charge < -0.3 is 24.1 Å².